The van der Waals surface area contributed by atoms with E-state index in [0.29, 0.717) is 34.7 Å². The molecule has 0 radical (unpaired) electrons. The van der Waals surface area contributed by atoms with Gasteiger partial charge in [-0.25, -0.2) is 0 Å². The van der Waals surface area contributed by atoms with Crippen LogP contribution in [0.15, 0.2) is 34.8 Å². The van der Waals surface area contributed by atoms with Crippen LogP contribution in [0.2, 0.25) is 0 Å². The molecule has 0 aliphatic carbocycles. The number of carbonyl (C=O) groups is 1. The fourth-order valence-corrected chi connectivity index (χ4v) is 2.93. The maximum atomic E-state index is 12.7. The first-order chi connectivity index (χ1) is 12.0. The Morgan fingerprint density at radius 2 is 1.88 bits per heavy atom. The Hall–Kier alpha value is -2.01. The van der Waals surface area contributed by atoms with Gasteiger partial charge in [0.1, 0.15) is 0 Å². The Balaban J connectivity index is 2.31. The van der Waals surface area contributed by atoms with Crippen LogP contribution in [-0.2, 0) is 0 Å². The Morgan fingerprint density at radius 3 is 2.56 bits per heavy atom. The molecule has 5 heteroatoms. The molecule has 0 unspecified atom stereocenters. The summed E-state index contributed by atoms with van der Waals surface area (Å²) in [7, 11) is 0. The van der Waals surface area contributed by atoms with E-state index < -0.39 is 0 Å². The molecule has 0 fully saturated rings. The highest BCUT2D eigenvalue weighted by Crippen LogP contribution is 2.37. The van der Waals surface area contributed by atoms with E-state index in [0.717, 1.165) is 23.2 Å². The van der Waals surface area contributed by atoms with Crippen molar-refractivity contribution in [3.63, 3.8) is 0 Å². The van der Waals surface area contributed by atoms with E-state index >= 15 is 0 Å². The number of carbonyl (C=O) groups excluding carboxylic acids is 1. The third-order valence-corrected chi connectivity index (χ3v) is 4.25. The van der Waals surface area contributed by atoms with Crippen LogP contribution in [0.25, 0.3) is 0 Å². The van der Waals surface area contributed by atoms with Crippen LogP contribution in [0.5, 0.6) is 11.5 Å². The molecule has 0 saturated heterocycles. The third-order valence-electron chi connectivity index (χ3n) is 3.66. The SMILES string of the molecule is CCCOc1c(Br)cc(C(=O)Nc2cc(C)ccc2C)cc1OCC. The Bertz CT molecular complexity index is 759. The molecule has 0 bridgehead atoms. The molecule has 0 heterocycles. The molecule has 2 rings (SSSR count). The summed E-state index contributed by atoms with van der Waals surface area (Å²) in [6.07, 6.45) is 0.896. The minimum Gasteiger partial charge on any atom is -0.490 e. The molecule has 0 saturated carbocycles. The van der Waals surface area contributed by atoms with Crippen molar-refractivity contribution in [2.75, 3.05) is 18.5 Å². The highest BCUT2D eigenvalue weighted by Gasteiger charge is 2.16. The van der Waals surface area contributed by atoms with Crippen LogP contribution < -0.4 is 14.8 Å². The van der Waals surface area contributed by atoms with Gasteiger partial charge in [-0.1, -0.05) is 19.1 Å². The Morgan fingerprint density at radius 1 is 1.12 bits per heavy atom. The summed E-state index contributed by atoms with van der Waals surface area (Å²) in [6, 6.07) is 9.46. The maximum Gasteiger partial charge on any atom is 0.255 e. The third kappa shape index (κ3) is 4.98. The zero-order valence-electron chi connectivity index (χ0n) is 15.1. The molecule has 0 aromatic heterocycles. The van der Waals surface area contributed by atoms with E-state index in [1.165, 1.54) is 0 Å². The smallest absolute Gasteiger partial charge is 0.255 e. The molecule has 0 aliphatic rings. The standard InChI is InChI=1S/C20H24BrNO3/c1-5-9-25-19-16(21)11-15(12-18(19)24-6-2)20(23)22-17-10-13(3)7-8-14(17)4/h7-8,10-12H,5-6,9H2,1-4H3,(H,22,23). The summed E-state index contributed by atoms with van der Waals surface area (Å²) >= 11 is 3.49. The average molecular weight is 406 g/mol. The van der Waals surface area contributed by atoms with Gasteiger partial charge in [-0.2, -0.15) is 0 Å². The molecular formula is C20H24BrNO3. The Labute approximate surface area is 157 Å². The molecule has 2 aromatic carbocycles. The lowest BCUT2D eigenvalue weighted by Gasteiger charge is -2.15. The number of rotatable bonds is 7. The number of halogens is 1. The van der Waals surface area contributed by atoms with Gasteiger partial charge in [0.15, 0.2) is 11.5 Å². The fourth-order valence-electron chi connectivity index (χ4n) is 2.37. The van der Waals surface area contributed by atoms with Crippen molar-refractivity contribution in [3.05, 3.63) is 51.5 Å². The van der Waals surface area contributed by atoms with Crippen LogP contribution in [0.1, 0.15) is 41.8 Å². The van der Waals surface area contributed by atoms with Gasteiger partial charge in [-0.05, 0) is 72.4 Å². The van der Waals surface area contributed by atoms with Gasteiger partial charge in [0.05, 0.1) is 17.7 Å². The average Bonchev–Trinajstić information content (AvgIpc) is 2.57. The molecule has 134 valence electrons. The van der Waals surface area contributed by atoms with Crippen LogP contribution >= 0.6 is 15.9 Å². The van der Waals surface area contributed by atoms with Gasteiger partial charge in [-0.3, -0.25) is 4.79 Å². The van der Waals surface area contributed by atoms with Crippen LogP contribution in [0.3, 0.4) is 0 Å². The van der Waals surface area contributed by atoms with Crippen molar-refractivity contribution >= 4 is 27.5 Å². The first kappa shape index (κ1) is 19.3. The number of ether oxygens (including phenoxy) is 2. The molecule has 0 aliphatic heterocycles. The predicted octanol–water partition coefficient (Wildman–Crippen LogP) is 5.51. The maximum absolute atomic E-state index is 12.7. The number of amides is 1. The zero-order chi connectivity index (χ0) is 18.4. The van der Waals surface area contributed by atoms with E-state index in [-0.39, 0.29) is 5.91 Å². The lowest BCUT2D eigenvalue weighted by atomic mass is 10.1. The zero-order valence-corrected chi connectivity index (χ0v) is 16.7. The molecule has 2 aromatic rings. The number of benzene rings is 2. The summed E-state index contributed by atoms with van der Waals surface area (Å²) in [5, 5.41) is 2.97. The first-order valence-corrected chi connectivity index (χ1v) is 9.23. The number of aryl methyl sites for hydroxylation is 2. The highest BCUT2D eigenvalue weighted by molar-refractivity contribution is 9.10. The normalized spacial score (nSPS) is 10.4. The van der Waals surface area contributed by atoms with Gasteiger partial charge in [0.25, 0.3) is 5.91 Å². The largest absolute Gasteiger partial charge is 0.490 e. The fraction of sp³-hybridized carbons (Fsp3) is 0.350. The quantitative estimate of drug-likeness (QED) is 0.660. The van der Waals surface area contributed by atoms with Crippen molar-refractivity contribution in [1.29, 1.82) is 0 Å². The highest BCUT2D eigenvalue weighted by atomic mass is 79.9. The van der Waals surface area contributed by atoms with Crippen molar-refractivity contribution in [1.82, 2.24) is 0 Å². The van der Waals surface area contributed by atoms with Gasteiger partial charge >= 0.3 is 0 Å². The molecule has 1 N–H and O–H groups in total. The topological polar surface area (TPSA) is 47.6 Å². The van der Waals surface area contributed by atoms with Crippen LogP contribution in [0.4, 0.5) is 5.69 Å². The van der Waals surface area contributed by atoms with Gasteiger partial charge in [0.2, 0.25) is 0 Å². The molecule has 25 heavy (non-hydrogen) atoms. The lowest BCUT2D eigenvalue weighted by Crippen LogP contribution is -2.13. The van der Waals surface area contributed by atoms with Crippen molar-refractivity contribution in [2.24, 2.45) is 0 Å². The van der Waals surface area contributed by atoms with Gasteiger partial charge < -0.3 is 14.8 Å². The second kappa shape index (κ2) is 8.90. The Kier molecular flexibility index (Phi) is 6.88. The summed E-state index contributed by atoms with van der Waals surface area (Å²) in [5.41, 5.74) is 3.44. The molecular weight excluding hydrogens is 382 g/mol. The van der Waals surface area contributed by atoms with Crippen LogP contribution in [0, 0.1) is 13.8 Å². The van der Waals surface area contributed by atoms with E-state index in [1.54, 1.807) is 12.1 Å². The van der Waals surface area contributed by atoms with E-state index in [1.807, 2.05) is 45.9 Å². The van der Waals surface area contributed by atoms with Crippen LogP contribution in [-0.4, -0.2) is 19.1 Å². The number of nitrogens with one attached hydrogen (secondary N) is 1. The van der Waals surface area contributed by atoms with Crippen molar-refractivity contribution in [3.8, 4) is 11.5 Å². The monoisotopic (exact) mass is 405 g/mol. The van der Waals surface area contributed by atoms with Crippen molar-refractivity contribution < 1.29 is 14.3 Å². The van der Waals surface area contributed by atoms with E-state index in [2.05, 4.69) is 21.2 Å². The number of hydrogen-bond acceptors (Lipinski definition) is 3. The van der Waals surface area contributed by atoms with Gasteiger partial charge in [-0.15, -0.1) is 0 Å². The van der Waals surface area contributed by atoms with Crippen molar-refractivity contribution in [2.45, 2.75) is 34.1 Å². The first-order valence-electron chi connectivity index (χ1n) is 8.44. The molecule has 1 amide bonds. The minimum atomic E-state index is -0.183. The lowest BCUT2D eigenvalue weighted by molar-refractivity contribution is 0.102. The molecule has 0 spiro atoms. The second-order valence-electron chi connectivity index (χ2n) is 5.84. The molecule has 0 atom stereocenters. The number of anilines is 1. The minimum absolute atomic E-state index is 0.183. The summed E-state index contributed by atoms with van der Waals surface area (Å²) in [5.74, 6) is 1.01. The second-order valence-corrected chi connectivity index (χ2v) is 6.69. The summed E-state index contributed by atoms with van der Waals surface area (Å²) in [4.78, 5) is 12.7. The van der Waals surface area contributed by atoms with E-state index in [9.17, 15) is 4.79 Å². The summed E-state index contributed by atoms with van der Waals surface area (Å²) < 4.78 is 12.1. The van der Waals surface area contributed by atoms with Gasteiger partial charge in [0, 0.05) is 11.3 Å². The predicted molar refractivity (Wildman–Crippen MR) is 105 cm³/mol. The summed E-state index contributed by atoms with van der Waals surface area (Å²) in [6.45, 7) is 9.00. The van der Waals surface area contributed by atoms with E-state index in [4.69, 9.17) is 9.47 Å². The number of hydrogen-bond donors (Lipinski definition) is 1. The molecule has 4 nitrogen and oxygen atoms in total.